The summed E-state index contributed by atoms with van der Waals surface area (Å²) in [5.41, 5.74) is 5.87. The third kappa shape index (κ3) is 3.39. The first-order chi connectivity index (χ1) is 15.7. The lowest BCUT2D eigenvalue weighted by atomic mass is 10.0. The van der Waals surface area contributed by atoms with Crippen LogP contribution < -0.4 is 14.2 Å². The molecule has 0 aliphatic carbocycles. The highest BCUT2D eigenvalue weighted by molar-refractivity contribution is 5.99. The topological polar surface area (TPSA) is 58.4 Å². The highest BCUT2D eigenvalue weighted by atomic mass is 16.5. The van der Waals surface area contributed by atoms with Gasteiger partial charge >= 0.3 is 0 Å². The van der Waals surface area contributed by atoms with Crippen LogP contribution >= 0.6 is 0 Å². The molecule has 0 amide bonds. The van der Waals surface area contributed by atoms with Gasteiger partial charge in [-0.05, 0) is 23.8 Å². The monoisotopic (exact) mass is 425 g/mol. The normalized spacial score (nSPS) is 11.1. The lowest BCUT2D eigenvalue weighted by molar-refractivity contribution is 0.355. The van der Waals surface area contributed by atoms with Crippen molar-refractivity contribution < 1.29 is 14.2 Å². The number of pyridine rings is 1. The van der Waals surface area contributed by atoms with E-state index < -0.39 is 0 Å². The Morgan fingerprint density at radius 2 is 1.44 bits per heavy atom. The molecule has 2 heterocycles. The number of ether oxygens (including phenoxy) is 3. The molecule has 0 radical (unpaired) electrons. The second kappa shape index (κ2) is 8.23. The Labute approximate surface area is 186 Å². The zero-order chi connectivity index (χ0) is 22.1. The molecule has 160 valence electrons. The average Bonchev–Trinajstić information content (AvgIpc) is 3.28. The van der Waals surface area contributed by atoms with Crippen LogP contribution in [0.25, 0.3) is 33.4 Å². The summed E-state index contributed by atoms with van der Waals surface area (Å²) in [6.07, 6.45) is 2.12. The van der Waals surface area contributed by atoms with Crippen LogP contribution in [0.4, 0.5) is 0 Å². The average molecular weight is 425 g/mol. The molecule has 0 aromatic heterocycles. The first-order valence-corrected chi connectivity index (χ1v) is 10.3. The van der Waals surface area contributed by atoms with Crippen molar-refractivity contribution in [1.82, 2.24) is 14.8 Å². The summed E-state index contributed by atoms with van der Waals surface area (Å²) in [6.45, 7) is 0.672. The Morgan fingerprint density at radius 3 is 2.12 bits per heavy atom. The molecule has 3 aromatic rings. The van der Waals surface area contributed by atoms with E-state index in [0.29, 0.717) is 18.0 Å². The number of nitrogens with zero attached hydrogens (tertiary/aromatic N) is 3. The van der Waals surface area contributed by atoms with Crippen LogP contribution in [-0.2, 0) is 6.54 Å². The van der Waals surface area contributed by atoms with E-state index in [2.05, 4.69) is 45.2 Å². The van der Waals surface area contributed by atoms with Gasteiger partial charge in [0.2, 0.25) is 0 Å². The Bertz CT molecular complexity index is 1340. The summed E-state index contributed by atoms with van der Waals surface area (Å²) >= 11 is 0. The molecule has 0 atom stereocenters. The van der Waals surface area contributed by atoms with Crippen LogP contribution in [0.2, 0.25) is 0 Å². The third-order valence-electron chi connectivity index (χ3n) is 5.67. The van der Waals surface area contributed by atoms with E-state index in [-0.39, 0.29) is 0 Å². The number of hydrogen-bond donors (Lipinski definition) is 0. The van der Waals surface area contributed by atoms with E-state index in [1.54, 1.807) is 21.3 Å². The molecule has 0 unspecified atom stereocenters. The molecule has 3 aromatic carbocycles. The van der Waals surface area contributed by atoms with Crippen LogP contribution in [0.3, 0.4) is 0 Å². The number of benzene rings is 3. The molecule has 0 bridgehead atoms. The van der Waals surface area contributed by atoms with Gasteiger partial charge in [-0.2, -0.15) is 0 Å². The minimum absolute atomic E-state index is 0.660. The molecular formula is C26H23N3O3. The lowest BCUT2D eigenvalue weighted by Gasteiger charge is -2.18. The van der Waals surface area contributed by atoms with Crippen molar-refractivity contribution in [3.05, 3.63) is 78.5 Å². The number of hydrogen-bond acceptors (Lipinski definition) is 5. The van der Waals surface area contributed by atoms with E-state index in [0.717, 1.165) is 44.7 Å². The van der Waals surface area contributed by atoms with Crippen LogP contribution in [0, 0.1) is 0 Å². The zero-order valence-corrected chi connectivity index (χ0v) is 18.2. The summed E-state index contributed by atoms with van der Waals surface area (Å²) in [5.74, 6) is 2.17. The summed E-state index contributed by atoms with van der Waals surface area (Å²) in [4.78, 5) is 0. The molecule has 0 fully saturated rings. The Kier molecular flexibility index (Phi) is 5.11. The predicted molar refractivity (Wildman–Crippen MR) is 125 cm³/mol. The summed E-state index contributed by atoms with van der Waals surface area (Å²) in [6, 6.07) is 22.2. The molecule has 2 aliphatic rings. The maximum absolute atomic E-state index is 5.58. The van der Waals surface area contributed by atoms with Crippen molar-refractivity contribution in [2.45, 2.75) is 6.54 Å². The predicted octanol–water partition coefficient (Wildman–Crippen LogP) is 5.28. The van der Waals surface area contributed by atoms with E-state index in [1.807, 2.05) is 42.5 Å². The summed E-state index contributed by atoms with van der Waals surface area (Å²) in [5, 5.41) is 10.0. The second-order valence-electron chi connectivity index (χ2n) is 7.51. The van der Waals surface area contributed by atoms with Crippen molar-refractivity contribution >= 4 is 10.9 Å². The molecule has 32 heavy (non-hydrogen) atoms. The zero-order valence-electron chi connectivity index (χ0n) is 18.2. The molecule has 6 nitrogen and oxygen atoms in total. The molecule has 6 heteroatoms. The number of methoxy groups -OCH3 is 3. The quantitative estimate of drug-likeness (QED) is 0.371. The van der Waals surface area contributed by atoms with E-state index in [9.17, 15) is 0 Å². The maximum atomic E-state index is 5.58. The lowest BCUT2D eigenvalue weighted by Crippen LogP contribution is -2.05. The van der Waals surface area contributed by atoms with Crippen molar-refractivity contribution in [2.75, 3.05) is 21.3 Å². The van der Waals surface area contributed by atoms with Gasteiger partial charge in [0, 0.05) is 35.3 Å². The molecule has 0 saturated carbocycles. The Balaban J connectivity index is 1.74. The first kappa shape index (κ1) is 19.9. The second-order valence-corrected chi connectivity index (χ2v) is 7.51. The van der Waals surface area contributed by atoms with Gasteiger partial charge in [-0.3, -0.25) is 0 Å². The molecular weight excluding hydrogens is 402 g/mol. The van der Waals surface area contributed by atoms with Crippen LogP contribution in [0.15, 0.2) is 72.9 Å². The van der Waals surface area contributed by atoms with Gasteiger partial charge in [0.25, 0.3) is 0 Å². The van der Waals surface area contributed by atoms with Crippen molar-refractivity contribution in [3.8, 4) is 39.8 Å². The number of fused-ring (bicyclic) bond motifs is 3. The standard InChI is InChI=1S/C26H23N3O3/c1-30-19-11-9-17(10-12-19)15-29-16-21-25(18-7-5-4-6-8-18)27-28-26(21)20-13-23(31-2)24(32-3)14-22(20)29/h4-14,16H,15H2,1-3H3. The molecule has 0 saturated heterocycles. The fraction of sp³-hybridized carbons (Fsp3) is 0.154. The van der Waals surface area contributed by atoms with Gasteiger partial charge in [-0.15, -0.1) is 10.2 Å². The maximum Gasteiger partial charge on any atom is 0.162 e. The molecule has 0 N–H and O–H groups in total. The smallest absolute Gasteiger partial charge is 0.162 e. The van der Waals surface area contributed by atoms with Crippen molar-refractivity contribution in [3.63, 3.8) is 0 Å². The minimum atomic E-state index is 0.660. The van der Waals surface area contributed by atoms with Gasteiger partial charge in [-0.25, -0.2) is 0 Å². The Morgan fingerprint density at radius 1 is 0.750 bits per heavy atom. The SMILES string of the molecule is COc1ccc(Cn2cc3c(-c4ccccc4)nnc-3c3cc(OC)c(OC)cc32)cc1. The van der Waals surface area contributed by atoms with Gasteiger partial charge in [-0.1, -0.05) is 42.5 Å². The van der Waals surface area contributed by atoms with Crippen molar-refractivity contribution in [2.24, 2.45) is 0 Å². The fourth-order valence-corrected chi connectivity index (χ4v) is 4.03. The van der Waals surface area contributed by atoms with Crippen LogP contribution in [0.1, 0.15) is 5.56 Å². The van der Waals surface area contributed by atoms with Gasteiger partial charge < -0.3 is 18.8 Å². The first-order valence-electron chi connectivity index (χ1n) is 10.3. The fourth-order valence-electron chi connectivity index (χ4n) is 4.03. The van der Waals surface area contributed by atoms with E-state index >= 15 is 0 Å². The van der Waals surface area contributed by atoms with Gasteiger partial charge in [0.05, 0.1) is 26.8 Å². The molecule has 0 spiro atoms. The van der Waals surface area contributed by atoms with E-state index in [1.165, 1.54) is 0 Å². The number of rotatable bonds is 6. The summed E-state index contributed by atoms with van der Waals surface area (Å²) in [7, 11) is 4.96. The molecule has 5 rings (SSSR count). The van der Waals surface area contributed by atoms with Crippen LogP contribution in [0.5, 0.6) is 17.2 Å². The van der Waals surface area contributed by atoms with Gasteiger partial charge in [0.15, 0.2) is 11.5 Å². The Hall–Kier alpha value is -4.06. The number of aromatic nitrogens is 3. The van der Waals surface area contributed by atoms with Gasteiger partial charge in [0.1, 0.15) is 17.1 Å². The molecule has 2 aliphatic heterocycles. The van der Waals surface area contributed by atoms with E-state index in [4.69, 9.17) is 14.2 Å². The minimum Gasteiger partial charge on any atom is -0.497 e. The highest BCUT2D eigenvalue weighted by Crippen LogP contribution is 2.41. The van der Waals surface area contributed by atoms with Crippen molar-refractivity contribution in [1.29, 1.82) is 0 Å². The highest BCUT2D eigenvalue weighted by Gasteiger charge is 2.22. The largest absolute Gasteiger partial charge is 0.497 e. The summed E-state index contributed by atoms with van der Waals surface area (Å²) < 4.78 is 18.7. The van der Waals surface area contributed by atoms with Crippen LogP contribution in [-0.4, -0.2) is 36.1 Å². The third-order valence-corrected chi connectivity index (χ3v) is 5.67.